The van der Waals surface area contributed by atoms with Crippen LogP contribution in [0.1, 0.15) is 0 Å². The molecule has 0 bridgehead atoms. The van der Waals surface area contributed by atoms with Gasteiger partial charge in [0.1, 0.15) is 0 Å². The third-order valence-corrected chi connectivity index (χ3v) is 1.96. The van der Waals surface area contributed by atoms with Gasteiger partial charge in [0.05, 0.1) is 0 Å². The number of halogens is 1. The average Bonchev–Trinajstić information content (AvgIpc) is 1.65. The predicted octanol–water partition coefficient (Wildman–Crippen LogP) is 2.13. The minimum atomic E-state index is -0.0741. The zero-order chi connectivity index (χ0) is 4.99. The van der Waals surface area contributed by atoms with E-state index in [0.717, 1.165) is 23.5 Å². The molecular weight excluding hydrogens is 119 g/mol. The van der Waals surface area contributed by atoms with Crippen LogP contribution in [0.4, 0.5) is 4.39 Å². The lowest BCUT2D eigenvalue weighted by atomic mass is 11.8. The molecule has 0 spiro atoms. The van der Waals surface area contributed by atoms with Crippen LogP contribution in [0.2, 0.25) is 0 Å². The fraction of sp³-hybridized carbons (Fsp3) is 0.667. The molecule has 0 rings (SSSR count). The monoisotopic (exact) mass is 125 g/mol. The van der Waals surface area contributed by atoms with Gasteiger partial charge in [-0.3, -0.25) is 0 Å². The second kappa shape index (κ2) is 3.81. The fourth-order valence-electron chi connectivity index (χ4n) is 0.0833. The first-order valence-electron chi connectivity index (χ1n) is 1.41. The molecule has 0 nitrogen and oxygen atoms in total. The van der Waals surface area contributed by atoms with Gasteiger partial charge < -0.3 is 0 Å². The van der Waals surface area contributed by atoms with E-state index in [1.165, 1.54) is 0 Å². The van der Waals surface area contributed by atoms with Crippen molar-refractivity contribution >= 4 is 23.5 Å². The van der Waals surface area contributed by atoms with E-state index >= 15 is 0 Å². The average molecular weight is 125 g/mol. The third-order valence-electron chi connectivity index (χ3n) is 0.321. The summed E-state index contributed by atoms with van der Waals surface area (Å²) in [6.45, 7) is 0. The number of thioether (sulfide) groups is 2. The van der Waals surface area contributed by atoms with Crippen LogP contribution in [0, 0.1) is 4.84 Å². The molecule has 0 aromatic carbocycles. The summed E-state index contributed by atoms with van der Waals surface area (Å²) in [6.07, 6.45) is 3.43. The van der Waals surface area contributed by atoms with E-state index in [2.05, 4.69) is 0 Å². The fourth-order valence-corrected chi connectivity index (χ4v) is 0.750. The van der Waals surface area contributed by atoms with Crippen molar-refractivity contribution in [3.8, 4) is 0 Å². The minimum Gasteiger partial charge on any atom is -0.214 e. The molecule has 0 aromatic rings. The normalized spacial score (nSPS) is 10.0. The Morgan fingerprint density at radius 3 is 1.67 bits per heavy atom. The van der Waals surface area contributed by atoms with Gasteiger partial charge in [0.25, 0.3) is 4.84 Å². The summed E-state index contributed by atoms with van der Waals surface area (Å²) in [5, 5.41) is 0. The maximum absolute atomic E-state index is 11.7. The van der Waals surface area contributed by atoms with E-state index in [-0.39, 0.29) is 4.84 Å². The Balaban J connectivity index is 2.75. The third kappa shape index (κ3) is 2.85. The molecule has 0 saturated heterocycles. The molecule has 0 fully saturated rings. The molecule has 0 amide bonds. The van der Waals surface area contributed by atoms with Crippen molar-refractivity contribution < 1.29 is 4.39 Å². The molecule has 1 radical (unpaired) electrons. The standard InChI is InChI=1S/C3H6FS2/c1-5-3(4)6-2/h1-2H3. The molecule has 0 heterocycles. The molecule has 0 N–H and O–H groups in total. The van der Waals surface area contributed by atoms with Crippen LogP contribution in [0.15, 0.2) is 0 Å². The molecule has 0 atom stereocenters. The molecule has 0 unspecified atom stereocenters. The van der Waals surface area contributed by atoms with E-state index in [4.69, 9.17) is 0 Å². The molecule has 0 aliphatic heterocycles. The van der Waals surface area contributed by atoms with Crippen LogP contribution < -0.4 is 0 Å². The molecule has 37 valence electrons. The lowest BCUT2D eigenvalue weighted by Gasteiger charge is -1.91. The van der Waals surface area contributed by atoms with Crippen molar-refractivity contribution in [3.63, 3.8) is 0 Å². The molecular formula is C3H6FS2. The predicted molar refractivity (Wildman–Crippen MR) is 31.4 cm³/mol. The summed E-state index contributed by atoms with van der Waals surface area (Å²) < 4.78 is 11.7. The van der Waals surface area contributed by atoms with Gasteiger partial charge >= 0.3 is 0 Å². The minimum absolute atomic E-state index is 0.0741. The van der Waals surface area contributed by atoms with E-state index in [1.807, 2.05) is 0 Å². The zero-order valence-electron chi connectivity index (χ0n) is 3.69. The summed E-state index contributed by atoms with van der Waals surface area (Å²) in [6, 6.07) is 0. The van der Waals surface area contributed by atoms with E-state index in [1.54, 1.807) is 12.5 Å². The number of hydrogen-bond donors (Lipinski definition) is 0. The van der Waals surface area contributed by atoms with Gasteiger partial charge in [-0.1, -0.05) is 0 Å². The van der Waals surface area contributed by atoms with Crippen molar-refractivity contribution in [2.75, 3.05) is 12.5 Å². The topological polar surface area (TPSA) is 0 Å². The van der Waals surface area contributed by atoms with Crippen LogP contribution in [0.3, 0.4) is 0 Å². The largest absolute Gasteiger partial charge is 0.254 e. The number of hydrogen-bond acceptors (Lipinski definition) is 2. The van der Waals surface area contributed by atoms with Crippen LogP contribution in [-0.4, -0.2) is 12.5 Å². The summed E-state index contributed by atoms with van der Waals surface area (Å²) in [4.78, 5) is -0.0741. The van der Waals surface area contributed by atoms with Crippen LogP contribution in [0.5, 0.6) is 0 Å². The SMILES string of the molecule is CS[C](F)SC. The maximum Gasteiger partial charge on any atom is 0.254 e. The summed E-state index contributed by atoms with van der Waals surface area (Å²) in [5.74, 6) is 0. The highest BCUT2D eigenvalue weighted by atomic mass is 32.2. The van der Waals surface area contributed by atoms with Gasteiger partial charge in [-0.25, -0.2) is 4.39 Å². The van der Waals surface area contributed by atoms with Gasteiger partial charge in [0.15, 0.2) is 0 Å². The van der Waals surface area contributed by atoms with E-state index in [0.29, 0.717) is 0 Å². The lowest BCUT2D eigenvalue weighted by molar-refractivity contribution is 0.667. The Labute approximate surface area is 45.9 Å². The quantitative estimate of drug-likeness (QED) is 0.554. The Kier molecular flexibility index (Phi) is 4.21. The van der Waals surface area contributed by atoms with Crippen LogP contribution in [0.25, 0.3) is 0 Å². The van der Waals surface area contributed by atoms with Crippen molar-refractivity contribution in [2.45, 2.75) is 0 Å². The first-order valence-corrected chi connectivity index (χ1v) is 3.86. The molecule has 3 heteroatoms. The summed E-state index contributed by atoms with van der Waals surface area (Å²) in [7, 11) is 0. The molecule has 6 heavy (non-hydrogen) atoms. The van der Waals surface area contributed by atoms with E-state index in [9.17, 15) is 4.39 Å². The first kappa shape index (κ1) is 6.63. The second-order valence-electron chi connectivity index (χ2n) is 0.646. The maximum atomic E-state index is 11.7. The van der Waals surface area contributed by atoms with Gasteiger partial charge in [0, 0.05) is 0 Å². The second-order valence-corrected chi connectivity index (χ2v) is 2.44. The lowest BCUT2D eigenvalue weighted by Crippen LogP contribution is -1.65. The van der Waals surface area contributed by atoms with Crippen molar-refractivity contribution in [2.24, 2.45) is 0 Å². The first-order chi connectivity index (χ1) is 2.81. The highest BCUT2D eigenvalue weighted by Gasteiger charge is 1.98. The zero-order valence-corrected chi connectivity index (χ0v) is 5.33. The van der Waals surface area contributed by atoms with Gasteiger partial charge in [-0.05, 0) is 12.5 Å². The Hall–Kier alpha value is 0.630. The van der Waals surface area contributed by atoms with Crippen molar-refractivity contribution in [1.29, 1.82) is 0 Å². The highest BCUT2D eigenvalue weighted by Crippen LogP contribution is 2.27. The molecule has 0 aromatic heterocycles. The van der Waals surface area contributed by atoms with Crippen molar-refractivity contribution in [1.82, 2.24) is 0 Å². The Bertz CT molecular complexity index is 28.0. The molecule has 0 saturated carbocycles. The molecule has 0 aliphatic carbocycles. The van der Waals surface area contributed by atoms with E-state index < -0.39 is 0 Å². The van der Waals surface area contributed by atoms with Gasteiger partial charge in [-0.2, -0.15) is 0 Å². The summed E-state index contributed by atoms with van der Waals surface area (Å²) >= 11 is 2.28. The highest BCUT2D eigenvalue weighted by molar-refractivity contribution is 8.19. The van der Waals surface area contributed by atoms with Crippen LogP contribution >= 0.6 is 23.5 Å². The Morgan fingerprint density at radius 2 is 1.67 bits per heavy atom. The van der Waals surface area contributed by atoms with Gasteiger partial charge in [0.2, 0.25) is 0 Å². The van der Waals surface area contributed by atoms with Gasteiger partial charge in [-0.15, -0.1) is 23.5 Å². The van der Waals surface area contributed by atoms with Crippen LogP contribution in [-0.2, 0) is 0 Å². The summed E-state index contributed by atoms with van der Waals surface area (Å²) in [5.41, 5.74) is 0. The van der Waals surface area contributed by atoms with Crippen molar-refractivity contribution in [3.05, 3.63) is 4.84 Å². The smallest absolute Gasteiger partial charge is 0.214 e. The molecule has 0 aliphatic rings. The Morgan fingerprint density at radius 1 is 1.33 bits per heavy atom. The number of rotatable bonds is 2.